The van der Waals surface area contributed by atoms with E-state index in [0.717, 1.165) is 15.8 Å². The summed E-state index contributed by atoms with van der Waals surface area (Å²) in [6.45, 7) is 1.51. The van der Waals surface area contributed by atoms with Crippen LogP contribution in [0.3, 0.4) is 0 Å². The molecular weight excluding hydrogens is 372 g/mol. The van der Waals surface area contributed by atoms with E-state index in [-0.39, 0.29) is 42.4 Å². The van der Waals surface area contributed by atoms with Crippen molar-refractivity contribution in [1.82, 2.24) is 9.88 Å². The van der Waals surface area contributed by atoms with Crippen molar-refractivity contribution in [2.75, 3.05) is 6.54 Å². The molecule has 0 radical (unpaired) electrons. The van der Waals surface area contributed by atoms with Gasteiger partial charge in [-0.15, -0.1) is 0 Å². The maximum absolute atomic E-state index is 12.7. The Hall–Kier alpha value is -3.22. The maximum atomic E-state index is 12.7. The molecule has 1 aromatic heterocycles. The molecule has 150 valence electrons. The molecule has 7 heteroatoms. The van der Waals surface area contributed by atoms with Gasteiger partial charge in [-0.05, 0) is 25.8 Å². The van der Waals surface area contributed by atoms with Crippen LogP contribution in [-0.4, -0.2) is 46.1 Å². The van der Waals surface area contributed by atoms with E-state index in [1.54, 1.807) is 6.20 Å². The number of ketones is 1. The average Bonchev–Trinajstić information content (AvgIpc) is 3.26. The molecule has 7 nitrogen and oxygen atoms in total. The lowest BCUT2D eigenvalue weighted by Gasteiger charge is -2.16. The summed E-state index contributed by atoms with van der Waals surface area (Å²) in [6, 6.07) is 7.39. The zero-order chi connectivity index (χ0) is 20.5. The second-order valence-electron chi connectivity index (χ2n) is 7.48. The van der Waals surface area contributed by atoms with E-state index in [9.17, 15) is 19.2 Å². The van der Waals surface area contributed by atoms with Crippen LogP contribution in [0.25, 0.3) is 10.9 Å². The lowest BCUT2D eigenvalue weighted by Crippen LogP contribution is -2.34. The van der Waals surface area contributed by atoms with Crippen molar-refractivity contribution in [2.24, 2.45) is 11.8 Å². The van der Waals surface area contributed by atoms with Gasteiger partial charge in [0, 0.05) is 29.2 Å². The Morgan fingerprint density at radius 2 is 1.79 bits per heavy atom. The van der Waals surface area contributed by atoms with Crippen LogP contribution >= 0.6 is 0 Å². The van der Waals surface area contributed by atoms with Gasteiger partial charge in [-0.3, -0.25) is 24.1 Å². The fourth-order valence-corrected chi connectivity index (χ4v) is 4.10. The molecule has 1 aliphatic heterocycles. The number of hydrogen-bond donors (Lipinski definition) is 1. The number of fused-ring (bicyclic) bond motifs is 2. The first-order valence-corrected chi connectivity index (χ1v) is 9.77. The van der Waals surface area contributed by atoms with Gasteiger partial charge < -0.3 is 9.72 Å². The van der Waals surface area contributed by atoms with Crippen LogP contribution in [0.4, 0.5) is 0 Å². The summed E-state index contributed by atoms with van der Waals surface area (Å²) in [4.78, 5) is 54.0. The zero-order valence-electron chi connectivity index (χ0n) is 16.1. The molecule has 2 aromatic rings. The van der Waals surface area contributed by atoms with Gasteiger partial charge in [0.15, 0.2) is 6.10 Å². The molecule has 1 fully saturated rings. The number of H-pyrrole nitrogens is 1. The number of amides is 2. The summed E-state index contributed by atoms with van der Waals surface area (Å²) in [5.74, 6) is -1.99. The van der Waals surface area contributed by atoms with E-state index in [4.69, 9.17) is 4.74 Å². The van der Waals surface area contributed by atoms with Gasteiger partial charge in [-0.1, -0.05) is 30.4 Å². The Morgan fingerprint density at radius 1 is 1.14 bits per heavy atom. The lowest BCUT2D eigenvalue weighted by molar-refractivity contribution is -0.147. The smallest absolute Gasteiger partial charge is 0.308 e. The highest BCUT2D eigenvalue weighted by Gasteiger charge is 2.47. The average molecular weight is 394 g/mol. The van der Waals surface area contributed by atoms with Gasteiger partial charge >= 0.3 is 5.97 Å². The van der Waals surface area contributed by atoms with Gasteiger partial charge in [0.1, 0.15) is 0 Å². The monoisotopic (exact) mass is 394 g/mol. The molecule has 3 atom stereocenters. The summed E-state index contributed by atoms with van der Waals surface area (Å²) in [6.07, 6.45) is 5.48. The molecular formula is C22H22N2O5. The molecule has 0 saturated carbocycles. The topological polar surface area (TPSA) is 96.5 Å². The van der Waals surface area contributed by atoms with Crippen LogP contribution in [0.5, 0.6) is 0 Å². The van der Waals surface area contributed by atoms with Crippen molar-refractivity contribution in [1.29, 1.82) is 0 Å². The SMILES string of the molecule is C[C@H](OC(=O)CCN1C(=O)[C@H]2CC=CC[C@@H]2C1=O)C(=O)c1c[nH]c2ccccc12. The Bertz CT molecular complexity index is 995. The predicted molar refractivity (Wildman–Crippen MR) is 105 cm³/mol. The molecule has 2 amide bonds. The molecule has 29 heavy (non-hydrogen) atoms. The number of aromatic nitrogens is 1. The third kappa shape index (κ3) is 3.48. The number of rotatable bonds is 6. The summed E-state index contributed by atoms with van der Waals surface area (Å²) in [5, 5.41) is 0.768. The minimum Gasteiger partial charge on any atom is -0.454 e. The number of esters is 1. The van der Waals surface area contributed by atoms with Crippen LogP contribution in [0.2, 0.25) is 0 Å². The van der Waals surface area contributed by atoms with Gasteiger partial charge in [-0.25, -0.2) is 0 Å². The molecule has 4 rings (SSSR count). The number of carbonyl (C=O) groups is 4. The lowest BCUT2D eigenvalue weighted by atomic mass is 9.85. The third-order valence-corrected chi connectivity index (χ3v) is 5.67. The molecule has 1 N–H and O–H groups in total. The van der Waals surface area contributed by atoms with E-state index >= 15 is 0 Å². The number of para-hydroxylation sites is 1. The number of hydrogen-bond acceptors (Lipinski definition) is 5. The normalized spacial score (nSPS) is 22.0. The van der Waals surface area contributed by atoms with Crippen molar-refractivity contribution in [3.05, 3.63) is 48.2 Å². The van der Waals surface area contributed by atoms with Crippen LogP contribution in [0.1, 0.15) is 36.5 Å². The maximum Gasteiger partial charge on any atom is 0.308 e. The first-order valence-electron chi connectivity index (χ1n) is 9.77. The van der Waals surface area contributed by atoms with E-state index < -0.39 is 12.1 Å². The van der Waals surface area contributed by atoms with E-state index in [0.29, 0.717) is 18.4 Å². The molecule has 0 spiro atoms. The predicted octanol–water partition coefficient (Wildman–Crippen LogP) is 2.62. The Labute approximate surface area is 167 Å². The second-order valence-corrected chi connectivity index (χ2v) is 7.48. The fourth-order valence-electron chi connectivity index (χ4n) is 4.10. The quantitative estimate of drug-likeness (QED) is 0.352. The van der Waals surface area contributed by atoms with Crippen LogP contribution in [0.15, 0.2) is 42.6 Å². The highest BCUT2D eigenvalue weighted by molar-refractivity contribution is 6.10. The largest absolute Gasteiger partial charge is 0.454 e. The highest BCUT2D eigenvalue weighted by atomic mass is 16.5. The second kappa shape index (κ2) is 7.66. The third-order valence-electron chi connectivity index (χ3n) is 5.67. The van der Waals surface area contributed by atoms with Gasteiger partial charge in [0.2, 0.25) is 17.6 Å². The van der Waals surface area contributed by atoms with Crippen molar-refractivity contribution in [3.63, 3.8) is 0 Å². The van der Waals surface area contributed by atoms with Crippen molar-refractivity contribution < 1.29 is 23.9 Å². The first kappa shape index (κ1) is 19.1. The summed E-state index contributed by atoms with van der Waals surface area (Å²) in [5.41, 5.74) is 1.29. The Kier molecular flexibility index (Phi) is 5.05. The van der Waals surface area contributed by atoms with E-state index in [1.807, 2.05) is 36.4 Å². The summed E-state index contributed by atoms with van der Waals surface area (Å²) < 4.78 is 5.27. The molecule has 1 aromatic carbocycles. The number of Topliss-reactive ketones (excluding diaryl/α,β-unsaturated/α-hetero) is 1. The number of aromatic amines is 1. The molecule has 2 aliphatic rings. The Morgan fingerprint density at radius 3 is 2.48 bits per heavy atom. The van der Waals surface area contributed by atoms with Crippen molar-refractivity contribution in [2.45, 2.75) is 32.3 Å². The molecule has 1 aliphatic carbocycles. The highest BCUT2D eigenvalue weighted by Crippen LogP contribution is 2.35. The van der Waals surface area contributed by atoms with Gasteiger partial charge in [-0.2, -0.15) is 0 Å². The molecule has 2 heterocycles. The number of imide groups is 1. The number of nitrogens with zero attached hydrogens (tertiary/aromatic N) is 1. The van der Waals surface area contributed by atoms with E-state index in [1.165, 1.54) is 6.92 Å². The summed E-state index contributed by atoms with van der Waals surface area (Å²) in [7, 11) is 0. The number of carbonyl (C=O) groups excluding carboxylic acids is 4. The number of benzene rings is 1. The first-order chi connectivity index (χ1) is 14.0. The number of likely N-dealkylation sites (tertiary alicyclic amines) is 1. The zero-order valence-corrected chi connectivity index (χ0v) is 16.1. The van der Waals surface area contributed by atoms with Crippen molar-refractivity contribution in [3.8, 4) is 0 Å². The number of allylic oxidation sites excluding steroid dienone is 2. The van der Waals surface area contributed by atoms with Crippen LogP contribution in [-0.2, 0) is 19.1 Å². The molecule has 0 bridgehead atoms. The number of nitrogens with one attached hydrogen (secondary N) is 1. The van der Waals surface area contributed by atoms with E-state index in [2.05, 4.69) is 4.98 Å². The fraction of sp³-hybridized carbons (Fsp3) is 0.364. The van der Waals surface area contributed by atoms with Gasteiger partial charge in [0.05, 0.1) is 18.3 Å². The standard InChI is InChI=1S/C22H22N2O5/c1-13(20(26)17-12-23-18-9-5-4-6-14(17)18)29-19(25)10-11-24-21(27)15-7-2-3-8-16(15)22(24)28/h2-6,9,12-13,15-16,23H,7-8,10-11H2,1H3/t13-,15-,16-/m0/s1. The number of ether oxygens (including phenoxy) is 1. The summed E-state index contributed by atoms with van der Waals surface area (Å²) >= 11 is 0. The van der Waals surface area contributed by atoms with Crippen LogP contribution in [0, 0.1) is 11.8 Å². The minimum atomic E-state index is -0.960. The molecule has 1 saturated heterocycles. The van der Waals surface area contributed by atoms with Crippen LogP contribution < -0.4 is 0 Å². The minimum absolute atomic E-state index is 0.0164. The van der Waals surface area contributed by atoms with Gasteiger partial charge in [0.25, 0.3) is 0 Å². The van der Waals surface area contributed by atoms with Crippen molar-refractivity contribution >= 4 is 34.5 Å². The Balaban J connectivity index is 1.34. The molecule has 0 unspecified atom stereocenters.